The third-order valence-electron chi connectivity index (χ3n) is 4.95. The number of nitrogens with one attached hydrogen (secondary N) is 1. The molecule has 2 fully saturated rings. The molecule has 21 heavy (non-hydrogen) atoms. The highest BCUT2D eigenvalue weighted by molar-refractivity contribution is 7.99. The molecule has 4 rings (SSSR count). The van der Waals surface area contributed by atoms with Gasteiger partial charge in [0.1, 0.15) is 5.82 Å². The number of aromatic nitrogens is 2. The molecule has 3 heterocycles. The van der Waals surface area contributed by atoms with Crippen LogP contribution in [-0.4, -0.2) is 45.5 Å². The van der Waals surface area contributed by atoms with Crippen molar-refractivity contribution < 1.29 is 0 Å². The Balaban J connectivity index is 1.51. The second-order valence-electron chi connectivity index (χ2n) is 6.32. The Morgan fingerprint density at radius 3 is 2.86 bits per heavy atom. The fourth-order valence-electron chi connectivity index (χ4n) is 3.78. The van der Waals surface area contributed by atoms with Gasteiger partial charge in [-0.2, -0.15) is 11.8 Å². The van der Waals surface area contributed by atoms with Gasteiger partial charge < -0.3 is 4.98 Å². The molecule has 0 radical (unpaired) electrons. The Bertz CT molecular complexity index is 570. The summed E-state index contributed by atoms with van der Waals surface area (Å²) in [6.45, 7) is 2.47. The molecule has 4 heteroatoms. The summed E-state index contributed by atoms with van der Waals surface area (Å²) >= 11 is 2.12. The Kier molecular flexibility index (Phi) is 3.91. The SMILES string of the molecule is c1ccc2[nH]c(C3CCCN(C4CCSCC4)C3)nc2c1. The summed E-state index contributed by atoms with van der Waals surface area (Å²) in [5, 5.41) is 0. The zero-order valence-corrected chi connectivity index (χ0v) is 13.2. The van der Waals surface area contributed by atoms with Crippen molar-refractivity contribution in [3.8, 4) is 0 Å². The van der Waals surface area contributed by atoms with Gasteiger partial charge in [0.25, 0.3) is 0 Å². The first-order valence-electron chi connectivity index (χ1n) is 8.16. The number of imidazole rings is 1. The zero-order valence-electron chi connectivity index (χ0n) is 12.4. The number of aromatic amines is 1. The van der Waals surface area contributed by atoms with Crippen LogP contribution in [-0.2, 0) is 0 Å². The van der Waals surface area contributed by atoms with Crippen molar-refractivity contribution >= 4 is 22.8 Å². The van der Waals surface area contributed by atoms with Crippen molar-refractivity contribution in [1.82, 2.24) is 14.9 Å². The highest BCUT2D eigenvalue weighted by atomic mass is 32.2. The molecule has 2 aromatic rings. The molecule has 2 aliphatic rings. The predicted octanol–water partition coefficient (Wildman–Crippen LogP) is 3.64. The van der Waals surface area contributed by atoms with Crippen LogP contribution in [0.4, 0.5) is 0 Å². The number of benzene rings is 1. The van der Waals surface area contributed by atoms with E-state index in [1.807, 2.05) is 0 Å². The number of piperidine rings is 1. The molecule has 0 saturated carbocycles. The van der Waals surface area contributed by atoms with Crippen molar-refractivity contribution in [2.75, 3.05) is 24.6 Å². The third-order valence-corrected chi connectivity index (χ3v) is 6.00. The number of hydrogen-bond acceptors (Lipinski definition) is 3. The van der Waals surface area contributed by atoms with Crippen LogP contribution in [0.2, 0.25) is 0 Å². The molecule has 2 aliphatic heterocycles. The maximum atomic E-state index is 4.83. The van der Waals surface area contributed by atoms with E-state index in [0.717, 1.165) is 11.6 Å². The van der Waals surface area contributed by atoms with Crippen LogP contribution in [0.1, 0.15) is 37.4 Å². The molecule has 3 nitrogen and oxygen atoms in total. The summed E-state index contributed by atoms with van der Waals surface area (Å²) in [4.78, 5) is 11.1. The van der Waals surface area contributed by atoms with Gasteiger partial charge in [-0.25, -0.2) is 4.98 Å². The molecule has 0 amide bonds. The van der Waals surface area contributed by atoms with Gasteiger partial charge in [0.2, 0.25) is 0 Å². The van der Waals surface area contributed by atoms with Gasteiger partial charge in [-0.1, -0.05) is 12.1 Å². The van der Waals surface area contributed by atoms with Gasteiger partial charge in [-0.15, -0.1) is 0 Å². The highest BCUT2D eigenvalue weighted by Crippen LogP contribution is 2.31. The van der Waals surface area contributed by atoms with Gasteiger partial charge in [0.15, 0.2) is 0 Å². The summed E-state index contributed by atoms with van der Waals surface area (Å²) in [6.07, 6.45) is 5.33. The molecule has 1 aromatic carbocycles. The first-order chi connectivity index (χ1) is 10.4. The number of hydrogen-bond donors (Lipinski definition) is 1. The quantitative estimate of drug-likeness (QED) is 0.919. The first-order valence-corrected chi connectivity index (χ1v) is 9.32. The van der Waals surface area contributed by atoms with E-state index in [-0.39, 0.29) is 0 Å². The summed E-state index contributed by atoms with van der Waals surface area (Å²) < 4.78 is 0. The number of H-pyrrole nitrogens is 1. The highest BCUT2D eigenvalue weighted by Gasteiger charge is 2.29. The maximum absolute atomic E-state index is 4.83. The van der Waals surface area contributed by atoms with Gasteiger partial charge >= 0.3 is 0 Å². The zero-order chi connectivity index (χ0) is 14.1. The first kappa shape index (κ1) is 13.6. The third kappa shape index (κ3) is 2.84. The predicted molar refractivity (Wildman–Crippen MR) is 90.0 cm³/mol. The number of rotatable bonds is 2. The van der Waals surface area contributed by atoms with Crippen molar-refractivity contribution in [2.45, 2.75) is 37.6 Å². The van der Waals surface area contributed by atoms with Crippen LogP contribution < -0.4 is 0 Å². The summed E-state index contributed by atoms with van der Waals surface area (Å²) in [5.41, 5.74) is 2.29. The monoisotopic (exact) mass is 301 g/mol. The van der Waals surface area contributed by atoms with Gasteiger partial charge in [0, 0.05) is 18.5 Å². The molecular formula is C17H23N3S. The van der Waals surface area contributed by atoms with Gasteiger partial charge in [-0.05, 0) is 55.9 Å². The number of fused-ring (bicyclic) bond motifs is 1. The van der Waals surface area contributed by atoms with Crippen molar-refractivity contribution in [1.29, 1.82) is 0 Å². The number of para-hydroxylation sites is 2. The lowest BCUT2D eigenvalue weighted by Crippen LogP contribution is -2.43. The Labute approximate surface area is 130 Å². The van der Waals surface area contributed by atoms with Crippen LogP contribution in [0.15, 0.2) is 24.3 Å². The average molecular weight is 301 g/mol. The summed E-state index contributed by atoms with van der Waals surface area (Å²) in [5.74, 6) is 4.47. The van der Waals surface area contributed by atoms with Gasteiger partial charge in [0.05, 0.1) is 11.0 Å². The fraction of sp³-hybridized carbons (Fsp3) is 0.588. The van der Waals surface area contributed by atoms with Crippen LogP contribution in [0.3, 0.4) is 0 Å². The lowest BCUT2D eigenvalue weighted by Gasteiger charge is -2.39. The number of nitrogens with zero attached hydrogens (tertiary/aromatic N) is 2. The van der Waals surface area contributed by atoms with Crippen LogP contribution in [0.25, 0.3) is 11.0 Å². The summed E-state index contributed by atoms with van der Waals surface area (Å²) in [6, 6.07) is 9.20. The van der Waals surface area contributed by atoms with E-state index < -0.39 is 0 Å². The molecule has 0 aliphatic carbocycles. The molecule has 112 valence electrons. The minimum Gasteiger partial charge on any atom is -0.342 e. The Hall–Kier alpha value is -1.00. The van der Waals surface area contributed by atoms with E-state index in [4.69, 9.17) is 4.98 Å². The van der Waals surface area contributed by atoms with Crippen LogP contribution >= 0.6 is 11.8 Å². The van der Waals surface area contributed by atoms with Crippen LogP contribution in [0, 0.1) is 0 Å². The van der Waals surface area contributed by atoms with E-state index in [9.17, 15) is 0 Å². The molecule has 0 bridgehead atoms. The normalized spacial score (nSPS) is 25.4. The lowest BCUT2D eigenvalue weighted by molar-refractivity contribution is 0.138. The lowest BCUT2D eigenvalue weighted by atomic mass is 9.95. The number of thioether (sulfide) groups is 1. The minimum atomic E-state index is 0.584. The largest absolute Gasteiger partial charge is 0.342 e. The molecule has 0 spiro atoms. The number of likely N-dealkylation sites (tertiary alicyclic amines) is 1. The topological polar surface area (TPSA) is 31.9 Å². The molecule has 1 unspecified atom stereocenters. The van der Waals surface area contributed by atoms with E-state index in [1.54, 1.807) is 0 Å². The molecular weight excluding hydrogens is 278 g/mol. The van der Waals surface area contributed by atoms with E-state index in [1.165, 1.54) is 61.6 Å². The Morgan fingerprint density at radius 1 is 1.14 bits per heavy atom. The van der Waals surface area contributed by atoms with Gasteiger partial charge in [-0.3, -0.25) is 4.90 Å². The fourth-order valence-corrected chi connectivity index (χ4v) is 4.86. The van der Waals surface area contributed by atoms with Crippen molar-refractivity contribution in [3.05, 3.63) is 30.1 Å². The van der Waals surface area contributed by atoms with Crippen molar-refractivity contribution in [2.24, 2.45) is 0 Å². The summed E-state index contributed by atoms with van der Waals surface area (Å²) in [7, 11) is 0. The molecule has 2 saturated heterocycles. The smallest absolute Gasteiger partial charge is 0.111 e. The second kappa shape index (κ2) is 6.01. The maximum Gasteiger partial charge on any atom is 0.111 e. The van der Waals surface area contributed by atoms with E-state index in [0.29, 0.717) is 5.92 Å². The molecule has 1 atom stereocenters. The Morgan fingerprint density at radius 2 is 2.00 bits per heavy atom. The van der Waals surface area contributed by atoms with Crippen LogP contribution in [0.5, 0.6) is 0 Å². The average Bonchev–Trinajstić information content (AvgIpc) is 3.00. The minimum absolute atomic E-state index is 0.584. The van der Waals surface area contributed by atoms with E-state index in [2.05, 4.69) is 45.9 Å². The molecule has 1 aromatic heterocycles. The van der Waals surface area contributed by atoms with Crippen molar-refractivity contribution in [3.63, 3.8) is 0 Å². The second-order valence-corrected chi connectivity index (χ2v) is 7.54. The standard InChI is InChI=1S/C17H23N3S/c1-2-6-16-15(5-1)18-17(19-16)13-4-3-9-20(12-13)14-7-10-21-11-8-14/h1-2,5-6,13-14H,3-4,7-12H2,(H,18,19). The van der Waals surface area contributed by atoms with E-state index >= 15 is 0 Å². The molecule has 1 N–H and O–H groups in total.